The Morgan fingerprint density at radius 1 is 1.53 bits per heavy atom. The molecule has 0 spiro atoms. The van der Waals surface area contributed by atoms with Crippen LogP contribution < -0.4 is 11.1 Å². The first kappa shape index (κ1) is 13.9. The molecule has 2 rings (SSSR count). The Labute approximate surface area is 110 Å². The van der Waals surface area contributed by atoms with Crippen LogP contribution >= 0.6 is 0 Å². The number of carbonyl (C=O) groups excluding carboxylic acids is 1. The number of aryl methyl sites for hydroxylation is 1. The third-order valence-corrected chi connectivity index (χ3v) is 3.38. The van der Waals surface area contributed by atoms with E-state index in [1.807, 2.05) is 0 Å². The molecule has 0 saturated carbocycles. The molecule has 3 N–H and O–H groups in total. The van der Waals surface area contributed by atoms with E-state index in [9.17, 15) is 13.6 Å². The van der Waals surface area contributed by atoms with E-state index in [1.54, 1.807) is 0 Å². The maximum atomic E-state index is 14.0. The van der Waals surface area contributed by atoms with Gasteiger partial charge in [-0.3, -0.25) is 4.79 Å². The van der Waals surface area contributed by atoms with Crippen LogP contribution in [0.15, 0.2) is 12.1 Å². The molecular weight excluding hydrogens is 252 g/mol. The van der Waals surface area contributed by atoms with Gasteiger partial charge in [-0.25, -0.2) is 8.78 Å². The number of nitrogens with zero attached hydrogens (tertiary/aromatic N) is 1. The summed E-state index contributed by atoms with van der Waals surface area (Å²) in [6.07, 6.45) is 0. The minimum absolute atomic E-state index is 0.236. The van der Waals surface area contributed by atoms with Crippen molar-refractivity contribution in [1.82, 2.24) is 10.2 Å². The second-order valence-corrected chi connectivity index (χ2v) is 4.65. The number of benzene rings is 1. The Morgan fingerprint density at radius 2 is 2.26 bits per heavy atom. The molecule has 1 aromatic carbocycles. The Hall–Kier alpha value is -1.53. The number of rotatable bonds is 2. The van der Waals surface area contributed by atoms with E-state index in [-0.39, 0.29) is 18.2 Å². The fourth-order valence-electron chi connectivity index (χ4n) is 2.24. The number of nitrogens with one attached hydrogen (secondary N) is 1. The minimum atomic E-state index is -0.831. The minimum Gasteiger partial charge on any atom is -0.332 e. The van der Waals surface area contributed by atoms with Crippen molar-refractivity contribution in [3.63, 3.8) is 0 Å². The number of piperazine rings is 1. The van der Waals surface area contributed by atoms with Crippen LogP contribution in [0.1, 0.15) is 15.9 Å². The second-order valence-electron chi connectivity index (χ2n) is 4.65. The average molecular weight is 269 g/mol. The van der Waals surface area contributed by atoms with Crippen LogP contribution in [0.4, 0.5) is 8.78 Å². The van der Waals surface area contributed by atoms with Gasteiger partial charge in [0.05, 0.1) is 6.04 Å². The molecule has 19 heavy (non-hydrogen) atoms. The monoisotopic (exact) mass is 269 g/mol. The molecule has 1 aromatic rings. The van der Waals surface area contributed by atoms with Gasteiger partial charge in [-0.2, -0.15) is 0 Å². The molecule has 6 heteroatoms. The lowest BCUT2D eigenvalue weighted by molar-refractivity contribution is 0.0634. The van der Waals surface area contributed by atoms with Crippen molar-refractivity contribution >= 4 is 5.91 Å². The highest BCUT2D eigenvalue weighted by atomic mass is 19.1. The van der Waals surface area contributed by atoms with Gasteiger partial charge in [0.15, 0.2) is 0 Å². The van der Waals surface area contributed by atoms with E-state index >= 15 is 0 Å². The molecule has 104 valence electrons. The maximum Gasteiger partial charge on any atom is 0.260 e. The van der Waals surface area contributed by atoms with Crippen molar-refractivity contribution in [3.05, 3.63) is 34.9 Å². The summed E-state index contributed by atoms with van der Waals surface area (Å²) in [5, 5.41) is 3.10. The summed E-state index contributed by atoms with van der Waals surface area (Å²) in [5.41, 5.74) is 5.36. The lowest BCUT2D eigenvalue weighted by Gasteiger charge is -2.35. The summed E-state index contributed by atoms with van der Waals surface area (Å²) in [4.78, 5) is 13.8. The quantitative estimate of drug-likeness (QED) is 0.828. The molecular formula is C13H17F2N3O. The summed E-state index contributed by atoms with van der Waals surface area (Å²) >= 11 is 0. The van der Waals surface area contributed by atoms with Crippen molar-refractivity contribution in [1.29, 1.82) is 0 Å². The van der Waals surface area contributed by atoms with Gasteiger partial charge in [-0.05, 0) is 18.6 Å². The SMILES string of the molecule is Cc1ccc(F)c(C(=O)N2CCNCC2CN)c1F. The molecule has 1 aliphatic heterocycles. The molecule has 0 radical (unpaired) electrons. The van der Waals surface area contributed by atoms with E-state index in [2.05, 4.69) is 5.32 Å². The van der Waals surface area contributed by atoms with Gasteiger partial charge in [0, 0.05) is 26.2 Å². The van der Waals surface area contributed by atoms with E-state index < -0.39 is 23.1 Å². The van der Waals surface area contributed by atoms with E-state index in [1.165, 1.54) is 17.9 Å². The van der Waals surface area contributed by atoms with Crippen molar-refractivity contribution < 1.29 is 13.6 Å². The molecule has 1 aliphatic rings. The molecule has 1 fully saturated rings. The van der Waals surface area contributed by atoms with Crippen LogP contribution in [0.25, 0.3) is 0 Å². The maximum absolute atomic E-state index is 14.0. The van der Waals surface area contributed by atoms with Crippen LogP contribution in [-0.2, 0) is 0 Å². The zero-order valence-electron chi connectivity index (χ0n) is 10.7. The lowest BCUT2D eigenvalue weighted by Crippen LogP contribution is -2.56. The van der Waals surface area contributed by atoms with Crippen LogP contribution in [-0.4, -0.2) is 43.0 Å². The fraction of sp³-hybridized carbons (Fsp3) is 0.462. The van der Waals surface area contributed by atoms with Crippen molar-refractivity contribution in [3.8, 4) is 0 Å². The number of halogens is 2. The molecule has 0 aliphatic carbocycles. The number of hydrogen-bond acceptors (Lipinski definition) is 3. The van der Waals surface area contributed by atoms with E-state index in [0.29, 0.717) is 19.6 Å². The first-order valence-corrected chi connectivity index (χ1v) is 6.22. The average Bonchev–Trinajstić information content (AvgIpc) is 2.43. The third kappa shape index (κ3) is 2.59. The normalized spacial score (nSPS) is 19.6. The fourth-order valence-corrected chi connectivity index (χ4v) is 2.24. The van der Waals surface area contributed by atoms with Gasteiger partial charge >= 0.3 is 0 Å². The molecule has 1 atom stereocenters. The van der Waals surface area contributed by atoms with Crippen molar-refractivity contribution in [2.45, 2.75) is 13.0 Å². The first-order chi connectivity index (χ1) is 9.06. The number of hydrogen-bond donors (Lipinski definition) is 2. The Morgan fingerprint density at radius 3 is 2.95 bits per heavy atom. The highest BCUT2D eigenvalue weighted by molar-refractivity contribution is 5.95. The molecule has 0 bridgehead atoms. The molecule has 1 heterocycles. The van der Waals surface area contributed by atoms with E-state index in [4.69, 9.17) is 5.73 Å². The smallest absolute Gasteiger partial charge is 0.260 e. The second kappa shape index (κ2) is 5.63. The standard InChI is InChI=1S/C13H17F2N3O/c1-8-2-3-10(14)11(12(8)15)13(19)18-5-4-17-7-9(18)6-16/h2-3,9,17H,4-7,16H2,1H3. The largest absolute Gasteiger partial charge is 0.332 e. The molecule has 4 nitrogen and oxygen atoms in total. The predicted octanol–water partition coefficient (Wildman–Crippen LogP) is 0.646. The summed E-state index contributed by atoms with van der Waals surface area (Å²) in [5.74, 6) is -2.25. The first-order valence-electron chi connectivity index (χ1n) is 6.22. The van der Waals surface area contributed by atoms with Crippen LogP contribution in [0.2, 0.25) is 0 Å². The van der Waals surface area contributed by atoms with Gasteiger partial charge in [0.1, 0.15) is 17.2 Å². The molecule has 1 saturated heterocycles. The molecule has 0 aromatic heterocycles. The van der Waals surface area contributed by atoms with Crippen molar-refractivity contribution in [2.24, 2.45) is 5.73 Å². The highest BCUT2D eigenvalue weighted by Crippen LogP contribution is 2.19. The summed E-state index contributed by atoms with van der Waals surface area (Å²) < 4.78 is 27.7. The molecule has 1 unspecified atom stereocenters. The van der Waals surface area contributed by atoms with Gasteiger partial charge < -0.3 is 16.0 Å². The predicted molar refractivity (Wildman–Crippen MR) is 67.8 cm³/mol. The Bertz CT molecular complexity index is 493. The Balaban J connectivity index is 2.36. The topological polar surface area (TPSA) is 58.4 Å². The lowest BCUT2D eigenvalue weighted by atomic mass is 10.1. The van der Waals surface area contributed by atoms with Gasteiger partial charge in [0.25, 0.3) is 5.91 Å². The van der Waals surface area contributed by atoms with Crippen LogP contribution in [0.5, 0.6) is 0 Å². The van der Waals surface area contributed by atoms with Crippen molar-refractivity contribution in [2.75, 3.05) is 26.2 Å². The zero-order chi connectivity index (χ0) is 14.0. The number of amides is 1. The summed E-state index contributed by atoms with van der Waals surface area (Å²) in [7, 11) is 0. The van der Waals surface area contributed by atoms with Crippen LogP contribution in [0, 0.1) is 18.6 Å². The highest BCUT2D eigenvalue weighted by Gasteiger charge is 2.30. The number of carbonyl (C=O) groups is 1. The Kier molecular flexibility index (Phi) is 4.11. The molecule has 1 amide bonds. The summed E-state index contributed by atoms with van der Waals surface area (Å²) in [6, 6.07) is 2.20. The summed E-state index contributed by atoms with van der Waals surface area (Å²) in [6.45, 7) is 3.29. The van der Waals surface area contributed by atoms with Crippen LogP contribution in [0.3, 0.4) is 0 Å². The van der Waals surface area contributed by atoms with Gasteiger partial charge in [0.2, 0.25) is 0 Å². The van der Waals surface area contributed by atoms with Gasteiger partial charge in [-0.1, -0.05) is 6.07 Å². The number of nitrogens with two attached hydrogens (primary N) is 1. The third-order valence-electron chi connectivity index (χ3n) is 3.38. The van der Waals surface area contributed by atoms with E-state index in [0.717, 1.165) is 6.07 Å². The zero-order valence-corrected chi connectivity index (χ0v) is 10.7. The van der Waals surface area contributed by atoms with Gasteiger partial charge in [-0.15, -0.1) is 0 Å².